The Morgan fingerprint density at radius 1 is 1.29 bits per heavy atom. The van der Waals surface area contributed by atoms with E-state index in [1.54, 1.807) is 6.20 Å². The molecule has 0 fully saturated rings. The lowest BCUT2D eigenvalue weighted by molar-refractivity contribution is 0.346. The van der Waals surface area contributed by atoms with Gasteiger partial charge in [-0.15, -0.1) is 0 Å². The van der Waals surface area contributed by atoms with Gasteiger partial charge in [0.15, 0.2) is 0 Å². The third-order valence-electron chi connectivity index (χ3n) is 2.67. The summed E-state index contributed by atoms with van der Waals surface area (Å²) in [4.78, 5) is 8.51. The van der Waals surface area contributed by atoms with Gasteiger partial charge in [-0.2, -0.15) is 4.98 Å². The van der Waals surface area contributed by atoms with Gasteiger partial charge in [-0.1, -0.05) is 43.3 Å². The van der Waals surface area contributed by atoms with Gasteiger partial charge < -0.3 is 10.1 Å². The molecule has 2 rings (SSSR count). The van der Waals surface area contributed by atoms with Gasteiger partial charge in [-0.05, 0) is 34.0 Å². The number of anilines is 1. The number of hydrogen-bond acceptors (Lipinski definition) is 4. The summed E-state index contributed by atoms with van der Waals surface area (Å²) >= 11 is 3.39. The summed E-state index contributed by atoms with van der Waals surface area (Å²) in [6, 6.07) is 10.1. The molecule has 0 unspecified atom stereocenters. The highest BCUT2D eigenvalue weighted by Gasteiger charge is 2.05. The first-order valence-corrected chi connectivity index (χ1v) is 7.69. The number of nitrogens with zero attached hydrogens (tertiary/aromatic N) is 2. The minimum absolute atomic E-state index is 0.456. The van der Waals surface area contributed by atoms with Crippen molar-refractivity contribution in [3.8, 4) is 5.88 Å². The van der Waals surface area contributed by atoms with Crippen molar-refractivity contribution in [1.82, 2.24) is 9.97 Å². The van der Waals surface area contributed by atoms with E-state index in [0.717, 1.165) is 23.0 Å². The number of rotatable bonds is 7. The summed E-state index contributed by atoms with van der Waals surface area (Å²) in [5, 5.41) is 3.14. The summed E-state index contributed by atoms with van der Waals surface area (Å²) in [5.41, 5.74) is 1.15. The van der Waals surface area contributed by atoms with Crippen molar-refractivity contribution in [2.24, 2.45) is 0 Å². The highest BCUT2D eigenvalue weighted by atomic mass is 79.9. The maximum atomic E-state index is 5.65. The molecule has 1 aromatic heterocycles. The molecule has 1 aromatic carbocycles. The van der Waals surface area contributed by atoms with Gasteiger partial charge >= 0.3 is 0 Å². The fourth-order valence-electron chi connectivity index (χ4n) is 1.65. The molecule has 0 saturated carbocycles. The molecule has 110 valence electrons. The van der Waals surface area contributed by atoms with E-state index in [4.69, 9.17) is 4.74 Å². The average Bonchev–Trinajstić information content (AvgIpc) is 2.53. The van der Waals surface area contributed by atoms with Gasteiger partial charge in [0.05, 0.1) is 10.7 Å². The SMILES string of the molecule is CCCNc1ncc(Br)c(OC/C=C/c2ccccc2)n1. The second-order valence-electron chi connectivity index (χ2n) is 4.40. The normalized spacial score (nSPS) is 10.8. The highest BCUT2D eigenvalue weighted by Crippen LogP contribution is 2.22. The zero-order chi connectivity index (χ0) is 14.9. The Hall–Kier alpha value is -1.88. The molecule has 0 radical (unpaired) electrons. The lowest BCUT2D eigenvalue weighted by Gasteiger charge is -2.07. The van der Waals surface area contributed by atoms with Crippen molar-refractivity contribution in [3.05, 3.63) is 52.6 Å². The number of ether oxygens (including phenoxy) is 1. The van der Waals surface area contributed by atoms with Gasteiger partial charge in [0, 0.05) is 6.54 Å². The van der Waals surface area contributed by atoms with Crippen molar-refractivity contribution in [1.29, 1.82) is 0 Å². The fraction of sp³-hybridized carbons (Fsp3) is 0.250. The van der Waals surface area contributed by atoms with Crippen LogP contribution in [0.5, 0.6) is 5.88 Å². The fourth-order valence-corrected chi connectivity index (χ4v) is 1.96. The van der Waals surface area contributed by atoms with Gasteiger partial charge in [0.25, 0.3) is 0 Å². The van der Waals surface area contributed by atoms with Crippen LogP contribution in [0.15, 0.2) is 47.1 Å². The molecule has 0 saturated heterocycles. The standard InChI is InChI=1S/C16H18BrN3O/c1-2-10-18-16-19-12-14(17)15(20-16)21-11-6-9-13-7-4-3-5-8-13/h3-9,12H,2,10-11H2,1H3,(H,18,19,20)/b9-6+. The highest BCUT2D eigenvalue weighted by molar-refractivity contribution is 9.10. The zero-order valence-corrected chi connectivity index (χ0v) is 13.5. The molecule has 0 spiro atoms. The van der Waals surface area contributed by atoms with Gasteiger partial charge in [-0.3, -0.25) is 0 Å². The molecule has 21 heavy (non-hydrogen) atoms. The number of nitrogens with one attached hydrogen (secondary N) is 1. The van der Waals surface area contributed by atoms with Crippen LogP contribution in [0.4, 0.5) is 5.95 Å². The van der Waals surface area contributed by atoms with E-state index in [1.165, 1.54) is 0 Å². The smallest absolute Gasteiger partial charge is 0.233 e. The van der Waals surface area contributed by atoms with Crippen LogP contribution in [0, 0.1) is 0 Å². The third-order valence-corrected chi connectivity index (χ3v) is 3.22. The van der Waals surface area contributed by atoms with Crippen LogP contribution >= 0.6 is 15.9 Å². The molecule has 1 heterocycles. The Morgan fingerprint density at radius 3 is 2.86 bits per heavy atom. The first kappa shape index (κ1) is 15.5. The zero-order valence-electron chi connectivity index (χ0n) is 11.9. The third kappa shape index (κ3) is 5.19. The van der Waals surface area contributed by atoms with E-state index in [2.05, 4.69) is 38.1 Å². The minimum Gasteiger partial charge on any atom is -0.473 e. The van der Waals surface area contributed by atoms with E-state index < -0.39 is 0 Å². The van der Waals surface area contributed by atoms with E-state index >= 15 is 0 Å². The lowest BCUT2D eigenvalue weighted by atomic mass is 10.2. The second-order valence-corrected chi connectivity index (χ2v) is 5.25. The summed E-state index contributed by atoms with van der Waals surface area (Å²) in [6.45, 7) is 3.39. The van der Waals surface area contributed by atoms with Crippen LogP contribution in [-0.2, 0) is 0 Å². The summed E-state index contributed by atoms with van der Waals surface area (Å²) < 4.78 is 6.40. The van der Waals surface area contributed by atoms with Crippen LogP contribution in [0.3, 0.4) is 0 Å². The number of benzene rings is 1. The van der Waals surface area contributed by atoms with Gasteiger partial charge in [0.2, 0.25) is 11.8 Å². The van der Waals surface area contributed by atoms with Crippen LogP contribution in [0.2, 0.25) is 0 Å². The Balaban J connectivity index is 1.91. The molecule has 0 aliphatic carbocycles. The Morgan fingerprint density at radius 2 is 2.10 bits per heavy atom. The quantitative estimate of drug-likeness (QED) is 0.816. The maximum Gasteiger partial charge on any atom is 0.233 e. The molecular weight excluding hydrogens is 330 g/mol. The van der Waals surface area contributed by atoms with E-state index in [1.807, 2.05) is 42.5 Å². The molecule has 0 amide bonds. The van der Waals surface area contributed by atoms with Gasteiger partial charge in [-0.25, -0.2) is 4.98 Å². The predicted octanol–water partition coefficient (Wildman–Crippen LogP) is 4.15. The molecule has 0 bridgehead atoms. The minimum atomic E-state index is 0.456. The first-order chi connectivity index (χ1) is 10.3. The number of hydrogen-bond donors (Lipinski definition) is 1. The average molecular weight is 348 g/mol. The van der Waals surface area contributed by atoms with Crippen molar-refractivity contribution >= 4 is 28.0 Å². The van der Waals surface area contributed by atoms with E-state index in [0.29, 0.717) is 18.4 Å². The summed E-state index contributed by atoms with van der Waals surface area (Å²) in [5.74, 6) is 1.13. The molecule has 4 nitrogen and oxygen atoms in total. The molecule has 2 aromatic rings. The number of aromatic nitrogens is 2. The van der Waals surface area contributed by atoms with Crippen LogP contribution in [-0.4, -0.2) is 23.1 Å². The van der Waals surface area contributed by atoms with Crippen molar-refractivity contribution in [3.63, 3.8) is 0 Å². The molecular formula is C16H18BrN3O. The molecule has 5 heteroatoms. The summed E-state index contributed by atoms with van der Waals surface area (Å²) in [6.07, 6.45) is 6.70. The molecule has 0 atom stereocenters. The van der Waals surface area contributed by atoms with Crippen molar-refractivity contribution < 1.29 is 4.74 Å². The molecule has 0 aliphatic heterocycles. The Bertz CT molecular complexity index is 587. The monoisotopic (exact) mass is 347 g/mol. The molecule has 1 N–H and O–H groups in total. The molecule has 0 aliphatic rings. The topological polar surface area (TPSA) is 47.0 Å². The van der Waals surface area contributed by atoms with Crippen molar-refractivity contribution in [2.45, 2.75) is 13.3 Å². The second kappa shape index (κ2) is 8.42. The first-order valence-electron chi connectivity index (χ1n) is 6.90. The predicted molar refractivity (Wildman–Crippen MR) is 89.5 cm³/mol. The van der Waals surface area contributed by atoms with Gasteiger partial charge in [0.1, 0.15) is 6.61 Å². The lowest BCUT2D eigenvalue weighted by Crippen LogP contribution is -2.06. The van der Waals surface area contributed by atoms with Crippen LogP contribution in [0.25, 0.3) is 6.08 Å². The Labute approximate surface area is 133 Å². The van der Waals surface area contributed by atoms with Crippen LogP contribution < -0.4 is 10.1 Å². The van der Waals surface area contributed by atoms with E-state index in [9.17, 15) is 0 Å². The van der Waals surface area contributed by atoms with Crippen molar-refractivity contribution in [2.75, 3.05) is 18.5 Å². The largest absolute Gasteiger partial charge is 0.473 e. The van der Waals surface area contributed by atoms with Crippen LogP contribution in [0.1, 0.15) is 18.9 Å². The summed E-state index contributed by atoms with van der Waals surface area (Å²) in [7, 11) is 0. The maximum absolute atomic E-state index is 5.65. The number of halogens is 1. The van der Waals surface area contributed by atoms with E-state index in [-0.39, 0.29) is 0 Å². The Kier molecular flexibility index (Phi) is 6.22.